The van der Waals surface area contributed by atoms with Crippen LogP contribution in [0.1, 0.15) is 5.56 Å². The Morgan fingerprint density at radius 1 is 0.972 bits per heavy atom. The second kappa shape index (κ2) is 10.7. The van der Waals surface area contributed by atoms with E-state index in [1.54, 1.807) is 45.4 Å². The highest BCUT2D eigenvalue weighted by Gasteiger charge is 2.32. The zero-order valence-electron chi connectivity index (χ0n) is 21.1. The summed E-state index contributed by atoms with van der Waals surface area (Å²) in [6.07, 6.45) is 1.48. The molecular weight excluding hydrogens is 498 g/mol. The summed E-state index contributed by atoms with van der Waals surface area (Å²) in [7, 11) is 3.35. The molecule has 0 amide bonds. The second-order valence-electron chi connectivity index (χ2n) is 9.78. The van der Waals surface area contributed by atoms with E-state index in [-0.39, 0.29) is 13.8 Å². The van der Waals surface area contributed by atoms with Gasteiger partial charge in [-0.3, -0.25) is 4.90 Å². The van der Waals surface area contributed by atoms with Crippen molar-refractivity contribution >= 4 is 44.8 Å². The smallest absolute Gasteiger partial charge is 0.328 e. The van der Waals surface area contributed by atoms with Gasteiger partial charge < -0.3 is 15.5 Å². The van der Waals surface area contributed by atoms with Gasteiger partial charge in [-0.1, -0.05) is 35.9 Å². The maximum atomic E-state index is 13.1. The Morgan fingerprint density at radius 2 is 1.64 bits per heavy atom. The molecule has 2 N–H and O–H groups in total. The highest BCUT2D eigenvalue weighted by atomic mass is 35.5. The first kappa shape index (κ1) is 26.3. The van der Waals surface area contributed by atoms with E-state index in [1.807, 2.05) is 12.1 Å². The summed E-state index contributed by atoms with van der Waals surface area (Å²) in [5.74, 6) is 0.658. The van der Waals surface area contributed by atoms with Crippen molar-refractivity contribution < 1.29 is 12.3 Å². The summed E-state index contributed by atoms with van der Waals surface area (Å²) in [5, 5.41) is 6.56. The minimum Gasteiger partial charge on any atom is -0.338 e. The maximum Gasteiger partial charge on any atom is 0.328 e. The summed E-state index contributed by atoms with van der Waals surface area (Å²) in [5.41, 5.74) is 2.49. The maximum absolute atomic E-state index is 13.1. The number of nitrogens with one attached hydrogen (secondary N) is 2. The van der Waals surface area contributed by atoms with Gasteiger partial charge in [0.25, 0.3) is 0 Å². The molecule has 0 unspecified atom stereocenters. The van der Waals surface area contributed by atoms with Gasteiger partial charge in [-0.05, 0) is 36.9 Å². The van der Waals surface area contributed by atoms with E-state index in [0.29, 0.717) is 17.5 Å². The van der Waals surface area contributed by atoms with Gasteiger partial charge in [0, 0.05) is 38.4 Å². The van der Waals surface area contributed by atoms with Crippen molar-refractivity contribution in [3.8, 4) is 0 Å². The molecule has 192 valence electrons. The van der Waals surface area contributed by atoms with Gasteiger partial charge in [0.05, 0.1) is 33.0 Å². The summed E-state index contributed by atoms with van der Waals surface area (Å²) in [4.78, 5) is 13.7. The number of anilines is 4. The van der Waals surface area contributed by atoms with Crippen LogP contribution in [0, 0.1) is 0 Å². The average Bonchev–Trinajstić information content (AvgIpc) is 2.83. The van der Waals surface area contributed by atoms with Crippen molar-refractivity contribution in [2.24, 2.45) is 0 Å². The molecule has 1 aliphatic heterocycles. The Bertz CT molecular complexity index is 1300. The Kier molecular flexibility index (Phi) is 7.82. The highest BCUT2D eigenvalue weighted by molar-refractivity contribution is 7.86. The molecule has 11 heteroatoms. The molecule has 4 rings (SSSR count). The Morgan fingerprint density at radius 3 is 2.31 bits per heavy atom. The third-order valence-electron chi connectivity index (χ3n) is 6.10. The number of aromatic nitrogens is 2. The third-order valence-corrected chi connectivity index (χ3v) is 8.73. The second-order valence-corrected chi connectivity index (χ2v) is 12.7. The van der Waals surface area contributed by atoms with Crippen molar-refractivity contribution in [3.05, 3.63) is 65.3 Å². The van der Waals surface area contributed by atoms with Crippen LogP contribution in [-0.2, 0) is 16.6 Å². The van der Waals surface area contributed by atoms with E-state index in [9.17, 15) is 8.42 Å². The van der Waals surface area contributed by atoms with Gasteiger partial charge in [0.2, 0.25) is 5.95 Å². The molecule has 0 atom stereocenters. The quantitative estimate of drug-likeness (QED) is 0.425. The molecule has 1 saturated heterocycles. The number of quaternary nitrogens is 1. The number of benzene rings is 2. The molecule has 0 radical (unpaired) electrons. The number of hydrogen-bond acceptors (Lipinski definition) is 8. The number of rotatable bonds is 8. The van der Waals surface area contributed by atoms with E-state index < -0.39 is 10.0 Å². The van der Waals surface area contributed by atoms with Gasteiger partial charge in [-0.2, -0.15) is 13.4 Å². The number of piperazine rings is 1. The number of hydrogen-bond donors (Lipinski definition) is 2. The van der Waals surface area contributed by atoms with Crippen molar-refractivity contribution in [1.29, 1.82) is 0 Å². The van der Waals surface area contributed by atoms with Gasteiger partial charge in [0.15, 0.2) is 5.82 Å². The molecule has 3 aromatic rings. The lowest BCUT2D eigenvalue weighted by Gasteiger charge is -2.32. The molecule has 1 aliphatic rings. The van der Waals surface area contributed by atoms with Crippen LogP contribution in [0.4, 0.5) is 23.1 Å². The minimum atomic E-state index is -3.65. The zero-order valence-corrected chi connectivity index (χ0v) is 22.6. The number of nitrogens with zero attached hydrogens (tertiary/aromatic N) is 5. The van der Waals surface area contributed by atoms with Crippen molar-refractivity contribution in [1.82, 2.24) is 19.8 Å². The summed E-state index contributed by atoms with van der Waals surface area (Å²) in [6, 6.07) is 14.9. The van der Waals surface area contributed by atoms with Gasteiger partial charge >= 0.3 is 10.0 Å². The van der Waals surface area contributed by atoms with Gasteiger partial charge in [-0.15, -0.1) is 0 Å². The van der Waals surface area contributed by atoms with Crippen LogP contribution in [0.15, 0.2) is 59.6 Å². The van der Waals surface area contributed by atoms with E-state index in [2.05, 4.69) is 49.6 Å². The van der Waals surface area contributed by atoms with Crippen LogP contribution in [0.25, 0.3) is 0 Å². The molecule has 0 saturated carbocycles. The molecule has 2 aromatic carbocycles. The standard InChI is InChI=1S/C25H33ClN7O2S/c1-31-13-15-32(16-14-31)18-19-9-11-20(12-10-19)28-25-27-17-21(26)24(30-25)29-22-7-5-6-8-23(22)36(34,35)33(2,3)4/h5-12,17H,13-16,18H2,1-4H3,(H2,27,28,29,30)/q+1. The number of para-hydroxylation sites is 1. The van der Waals surface area contributed by atoms with Crippen LogP contribution in [0.3, 0.4) is 0 Å². The first-order chi connectivity index (χ1) is 17.0. The molecule has 0 bridgehead atoms. The predicted molar refractivity (Wildman–Crippen MR) is 144 cm³/mol. The Labute approximate surface area is 218 Å². The van der Waals surface area contributed by atoms with Crippen molar-refractivity contribution in [3.63, 3.8) is 0 Å². The number of likely N-dealkylation sites (N-methyl/N-ethyl adjacent to an activating group) is 1. The van der Waals surface area contributed by atoms with E-state index in [0.717, 1.165) is 38.4 Å². The number of sulfonamides is 1. The molecule has 0 spiro atoms. The molecule has 36 heavy (non-hydrogen) atoms. The van der Waals surface area contributed by atoms with Crippen LogP contribution in [0.5, 0.6) is 0 Å². The Hall–Kier alpha value is -2.76. The van der Waals surface area contributed by atoms with E-state index in [1.165, 1.54) is 11.8 Å². The fraction of sp³-hybridized carbons (Fsp3) is 0.360. The lowest BCUT2D eigenvalue weighted by molar-refractivity contribution is -0.738. The van der Waals surface area contributed by atoms with E-state index >= 15 is 0 Å². The van der Waals surface area contributed by atoms with Crippen LogP contribution >= 0.6 is 11.6 Å². The molecule has 0 aliphatic carbocycles. The fourth-order valence-electron chi connectivity index (χ4n) is 3.82. The van der Waals surface area contributed by atoms with Gasteiger partial charge in [-0.25, -0.2) is 8.87 Å². The first-order valence-electron chi connectivity index (χ1n) is 11.7. The SMILES string of the molecule is CN1CCN(Cc2ccc(Nc3ncc(Cl)c(Nc4ccccc4S(=O)(=O)[N+](C)(C)C)n3)cc2)CC1. The molecule has 1 aromatic heterocycles. The molecule has 2 heterocycles. The van der Waals surface area contributed by atoms with Gasteiger partial charge in [0.1, 0.15) is 9.92 Å². The fourth-order valence-corrected chi connectivity index (χ4v) is 5.20. The molecule has 9 nitrogen and oxygen atoms in total. The normalized spacial score (nSPS) is 15.6. The third kappa shape index (κ3) is 6.13. The topological polar surface area (TPSA) is 90.5 Å². The predicted octanol–water partition coefficient (Wildman–Crippen LogP) is 3.76. The zero-order chi connectivity index (χ0) is 25.9. The summed E-state index contributed by atoms with van der Waals surface area (Å²) >= 11 is 6.35. The highest BCUT2D eigenvalue weighted by Crippen LogP contribution is 2.31. The van der Waals surface area contributed by atoms with Crippen LogP contribution < -0.4 is 10.6 Å². The Balaban J connectivity index is 1.48. The first-order valence-corrected chi connectivity index (χ1v) is 13.6. The van der Waals surface area contributed by atoms with Crippen LogP contribution in [-0.4, -0.2) is 86.4 Å². The summed E-state index contributed by atoms with van der Waals surface area (Å²) in [6.45, 7) is 5.26. The minimum absolute atomic E-state index is 0.164. The lowest BCUT2D eigenvalue weighted by atomic mass is 10.2. The molecule has 1 fully saturated rings. The van der Waals surface area contributed by atoms with Crippen molar-refractivity contribution in [2.75, 3.05) is 65.0 Å². The van der Waals surface area contributed by atoms with Crippen molar-refractivity contribution in [2.45, 2.75) is 11.4 Å². The molecular formula is C25H33ClN7O2S+. The monoisotopic (exact) mass is 530 g/mol. The average molecular weight is 531 g/mol. The lowest BCUT2D eigenvalue weighted by Crippen LogP contribution is -2.43. The number of halogens is 1. The van der Waals surface area contributed by atoms with Crippen LogP contribution in [0.2, 0.25) is 5.02 Å². The largest absolute Gasteiger partial charge is 0.338 e. The summed E-state index contributed by atoms with van der Waals surface area (Å²) < 4.78 is 25.9. The van der Waals surface area contributed by atoms with E-state index in [4.69, 9.17) is 11.6 Å².